The highest BCUT2D eigenvalue weighted by Crippen LogP contribution is 2.31. The summed E-state index contributed by atoms with van der Waals surface area (Å²) in [6, 6.07) is 9.58. The second-order valence-electron chi connectivity index (χ2n) is 4.80. The van der Waals surface area contributed by atoms with Gasteiger partial charge in [0.2, 0.25) is 0 Å². The average Bonchev–Trinajstić information content (AvgIpc) is 2.85. The third kappa shape index (κ3) is 3.70. The molecule has 0 saturated carbocycles. The van der Waals surface area contributed by atoms with E-state index in [0.717, 1.165) is 29.4 Å². The van der Waals surface area contributed by atoms with Gasteiger partial charge in [0.1, 0.15) is 17.3 Å². The molecule has 1 aromatic carbocycles. The summed E-state index contributed by atoms with van der Waals surface area (Å²) in [5.74, 6) is 2.61. The molecule has 0 amide bonds. The summed E-state index contributed by atoms with van der Waals surface area (Å²) in [4.78, 5) is 0. The van der Waals surface area contributed by atoms with Crippen molar-refractivity contribution in [2.24, 2.45) is 0 Å². The first-order valence-corrected chi connectivity index (χ1v) is 7.23. The summed E-state index contributed by atoms with van der Waals surface area (Å²) in [5, 5.41) is 4.07. The Labute approximate surface area is 124 Å². The van der Waals surface area contributed by atoms with E-state index in [2.05, 4.69) is 12.2 Å². The van der Waals surface area contributed by atoms with E-state index >= 15 is 0 Å². The predicted octanol–water partition coefficient (Wildman–Crippen LogP) is 5.20. The maximum Gasteiger partial charge on any atom is 0.142 e. The number of benzene rings is 1. The molecule has 0 radical (unpaired) electrons. The van der Waals surface area contributed by atoms with Gasteiger partial charge in [-0.25, -0.2) is 0 Å². The van der Waals surface area contributed by atoms with Gasteiger partial charge in [-0.2, -0.15) is 0 Å². The second-order valence-corrected chi connectivity index (χ2v) is 5.24. The van der Waals surface area contributed by atoms with Crippen LogP contribution in [-0.2, 0) is 0 Å². The lowest BCUT2D eigenvalue weighted by molar-refractivity contribution is 0.318. The number of ether oxygens (including phenoxy) is 1. The number of rotatable bonds is 6. The van der Waals surface area contributed by atoms with E-state index in [-0.39, 0.29) is 6.04 Å². The number of hydrogen-bond acceptors (Lipinski definition) is 3. The van der Waals surface area contributed by atoms with Crippen LogP contribution < -0.4 is 10.1 Å². The Morgan fingerprint density at radius 1 is 1.30 bits per heavy atom. The van der Waals surface area contributed by atoms with Gasteiger partial charge < -0.3 is 14.5 Å². The zero-order chi connectivity index (χ0) is 14.5. The molecule has 108 valence electrons. The first-order chi connectivity index (χ1) is 9.60. The molecule has 0 bridgehead atoms. The van der Waals surface area contributed by atoms with Gasteiger partial charge in [0, 0.05) is 5.02 Å². The summed E-state index contributed by atoms with van der Waals surface area (Å²) in [5.41, 5.74) is 0.882. The number of anilines is 1. The molecule has 2 aromatic rings. The maximum atomic E-state index is 6.07. The smallest absolute Gasteiger partial charge is 0.142 e. The number of aryl methyl sites for hydroxylation is 1. The van der Waals surface area contributed by atoms with Gasteiger partial charge in [-0.1, -0.05) is 18.5 Å². The number of halogens is 1. The highest BCUT2D eigenvalue weighted by Gasteiger charge is 2.12. The Bertz CT molecular complexity index is 565. The molecule has 1 aromatic heterocycles. The van der Waals surface area contributed by atoms with Crippen LogP contribution in [0.4, 0.5) is 5.69 Å². The topological polar surface area (TPSA) is 34.4 Å². The minimum atomic E-state index is 0.0474. The molecule has 2 rings (SSSR count). The van der Waals surface area contributed by atoms with Crippen molar-refractivity contribution in [2.75, 3.05) is 11.9 Å². The average molecular weight is 294 g/mol. The van der Waals surface area contributed by atoms with E-state index in [9.17, 15) is 0 Å². The number of hydrogen-bond donors (Lipinski definition) is 1. The second kappa shape index (κ2) is 6.71. The van der Waals surface area contributed by atoms with Crippen LogP contribution in [-0.4, -0.2) is 6.61 Å². The van der Waals surface area contributed by atoms with Crippen molar-refractivity contribution >= 4 is 17.3 Å². The lowest BCUT2D eigenvalue weighted by atomic mass is 10.2. The zero-order valence-corrected chi connectivity index (χ0v) is 12.8. The molecule has 0 aliphatic rings. The first kappa shape index (κ1) is 14.8. The van der Waals surface area contributed by atoms with Crippen LogP contribution in [0, 0.1) is 6.92 Å². The summed E-state index contributed by atoms with van der Waals surface area (Å²) in [7, 11) is 0. The third-order valence-corrected chi connectivity index (χ3v) is 3.20. The van der Waals surface area contributed by atoms with E-state index < -0.39 is 0 Å². The summed E-state index contributed by atoms with van der Waals surface area (Å²) in [6.45, 7) is 6.75. The van der Waals surface area contributed by atoms with Crippen LogP contribution in [0.2, 0.25) is 5.02 Å². The molecule has 3 nitrogen and oxygen atoms in total. The van der Waals surface area contributed by atoms with Crippen molar-refractivity contribution in [1.82, 2.24) is 0 Å². The zero-order valence-electron chi connectivity index (χ0n) is 12.1. The van der Waals surface area contributed by atoms with E-state index in [4.69, 9.17) is 20.8 Å². The van der Waals surface area contributed by atoms with Crippen molar-refractivity contribution in [3.63, 3.8) is 0 Å². The van der Waals surface area contributed by atoms with Crippen molar-refractivity contribution in [3.8, 4) is 5.75 Å². The van der Waals surface area contributed by atoms with E-state index in [1.807, 2.05) is 44.2 Å². The highest BCUT2D eigenvalue weighted by molar-refractivity contribution is 6.30. The molecule has 0 saturated heterocycles. The molecule has 1 heterocycles. The largest absolute Gasteiger partial charge is 0.491 e. The standard InChI is InChI=1S/C16H20ClNO2/c1-4-9-19-16-8-6-13(17)10-14(16)18-12(3)15-7-5-11(2)20-15/h5-8,10,12,18H,4,9H2,1-3H3. The Morgan fingerprint density at radius 3 is 2.75 bits per heavy atom. The molecule has 4 heteroatoms. The van der Waals surface area contributed by atoms with Crippen molar-refractivity contribution < 1.29 is 9.15 Å². The molecule has 0 aliphatic carbocycles. The van der Waals surface area contributed by atoms with Crippen molar-refractivity contribution in [2.45, 2.75) is 33.2 Å². The van der Waals surface area contributed by atoms with Crippen LogP contribution in [0.1, 0.15) is 37.8 Å². The van der Waals surface area contributed by atoms with Crippen molar-refractivity contribution in [3.05, 3.63) is 46.9 Å². The third-order valence-electron chi connectivity index (χ3n) is 2.96. The molecule has 0 spiro atoms. The van der Waals surface area contributed by atoms with Crippen LogP contribution in [0.15, 0.2) is 34.7 Å². The lowest BCUT2D eigenvalue weighted by Crippen LogP contribution is -2.08. The van der Waals surface area contributed by atoms with E-state index in [1.165, 1.54) is 0 Å². The highest BCUT2D eigenvalue weighted by atomic mass is 35.5. The SMILES string of the molecule is CCCOc1ccc(Cl)cc1NC(C)c1ccc(C)o1. The predicted molar refractivity (Wildman–Crippen MR) is 82.7 cm³/mol. The number of furan rings is 1. The molecule has 0 fully saturated rings. The fourth-order valence-corrected chi connectivity index (χ4v) is 2.12. The van der Waals surface area contributed by atoms with Crippen LogP contribution >= 0.6 is 11.6 Å². The lowest BCUT2D eigenvalue weighted by Gasteiger charge is -2.17. The minimum absolute atomic E-state index is 0.0474. The van der Waals surface area contributed by atoms with Gasteiger partial charge in [-0.3, -0.25) is 0 Å². The molecule has 1 N–H and O–H groups in total. The van der Waals surface area contributed by atoms with Gasteiger partial charge in [-0.15, -0.1) is 0 Å². The Kier molecular flexibility index (Phi) is 4.96. The molecular weight excluding hydrogens is 274 g/mol. The molecule has 1 unspecified atom stereocenters. The first-order valence-electron chi connectivity index (χ1n) is 6.85. The van der Waals surface area contributed by atoms with Crippen LogP contribution in [0.5, 0.6) is 5.75 Å². The molecular formula is C16H20ClNO2. The fraction of sp³-hybridized carbons (Fsp3) is 0.375. The summed E-state index contributed by atoms with van der Waals surface area (Å²) >= 11 is 6.07. The van der Waals surface area contributed by atoms with E-state index in [1.54, 1.807) is 0 Å². The minimum Gasteiger partial charge on any atom is -0.491 e. The quantitative estimate of drug-likeness (QED) is 0.794. The molecule has 1 atom stereocenters. The van der Waals surface area contributed by atoms with Gasteiger partial charge in [-0.05, 0) is 50.6 Å². The monoisotopic (exact) mass is 293 g/mol. The van der Waals surface area contributed by atoms with Gasteiger partial charge >= 0.3 is 0 Å². The number of nitrogens with one attached hydrogen (secondary N) is 1. The normalized spacial score (nSPS) is 12.2. The van der Waals surface area contributed by atoms with Gasteiger partial charge in [0.05, 0.1) is 18.3 Å². The van der Waals surface area contributed by atoms with Gasteiger partial charge in [0.25, 0.3) is 0 Å². The van der Waals surface area contributed by atoms with Crippen molar-refractivity contribution in [1.29, 1.82) is 0 Å². The van der Waals surface area contributed by atoms with Crippen LogP contribution in [0.3, 0.4) is 0 Å². The molecule has 20 heavy (non-hydrogen) atoms. The molecule has 0 aliphatic heterocycles. The Morgan fingerprint density at radius 2 is 2.10 bits per heavy atom. The maximum absolute atomic E-state index is 6.07. The summed E-state index contributed by atoms with van der Waals surface area (Å²) in [6.07, 6.45) is 0.967. The van der Waals surface area contributed by atoms with E-state index in [0.29, 0.717) is 11.6 Å². The van der Waals surface area contributed by atoms with Gasteiger partial charge in [0.15, 0.2) is 0 Å². The fourth-order valence-electron chi connectivity index (χ4n) is 1.94. The summed E-state index contributed by atoms with van der Waals surface area (Å²) < 4.78 is 11.4. The van der Waals surface area contributed by atoms with Crippen LogP contribution in [0.25, 0.3) is 0 Å². The Hall–Kier alpha value is -1.61. The Balaban J connectivity index is 2.16.